The van der Waals surface area contributed by atoms with Crippen molar-refractivity contribution < 1.29 is 14.6 Å². The van der Waals surface area contributed by atoms with Gasteiger partial charge in [0.2, 0.25) is 0 Å². The van der Waals surface area contributed by atoms with E-state index in [4.69, 9.17) is 14.6 Å². The number of aliphatic hydroxyl groups is 1. The van der Waals surface area contributed by atoms with Crippen molar-refractivity contribution in [2.24, 2.45) is 0 Å². The molecule has 2 atom stereocenters. The van der Waals surface area contributed by atoms with E-state index >= 15 is 0 Å². The quantitative estimate of drug-likeness (QED) is 0.564. The molecular weight excluding hydrogens is 120 g/mol. The summed E-state index contributed by atoms with van der Waals surface area (Å²) in [6, 6.07) is 0. The minimum Gasteiger partial charge on any atom is -0.388 e. The highest BCUT2D eigenvalue weighted by molar-refractivity contribution is 4.73. The SMILES string of the molecule is CCOC1COCC1O. The average molecular weight is 132 g/mol. The maximum Gasteiger partial charge on any atom is 0.109 e. The maximum atomic E-state index is 9.07. The van der Waals surface area contributed by atoms with Crippen molar-refractivity contribution in [2.75, 3.05) is 19.8 Å². The molecule has 1 saturated heterocycles. The minimum absolute atomic E-state index is 0.0880. The molecule has 3 heteroatoms. The van der Waals surface area contributed by atoms with Crippen LogP contribution in [0.25, 0.3) is 0 Å². The van der Waals surface area contributed by atoms with Gasteiger partial charge in [-0.25, -0.2) is 0 Å². The van der Waals surface area contributed by atoms with Crippen LogP contribution in [0, 0.1) is 0 Å². The molecule has 1 rings (SSSR count). The summed E-state index contributed by atoms with van der Waals surface area (Å²) < 4.78 is 10.1. The number of hydrogen-bond acceptors (Lipinski definition) is 3. The predicted octanol–water partition coefficient (Wildman–Crippen LogP) is -0.217. The second-order valence-corrected chi connectivity index (χ2v) is 2.10. The molecule has 0 aromatic carbocycles. The Balaban J connectivity index is 2.22. The van der Waals surface area contributed by atoms with Crippen molar-refractivity contribution in [1.29, 1.82) is 0 Å². The molecule has 1 heterocycles. The lowest BCUT2D eigenvalue weighted by Gasteiger charge is -2.10. The molecule has 0 amide bonds. The van der Waals surface area contributed by atoms with Gasteiger partial charge in [0.25, 0.3) is 0 Å². The normalized spacial score (nSPS) is 35.3. The minimum atomic E-state index is -0.412. The van der Waals surface area contributed by atoms with Crippen LogP contribution in [0.3, 0.4) is 0 Å². The van der Waals surface area contributed by atoms with Gasteiger partial charge in [-0.05, 0) is 6.92 Å². The first-order valence-corrected chi connectivity index (χ1v) is 3.22. The molecule has 0 aromatic rings. The van der Waals surface area contributed by atoms with Crippen LogP contribution in [0.4, 0.5) is 0 Å². The van der Waals surface area contributed by atoms with E-state index < -0.39 is 6.10 Å². The first kappa shape index (κ1) is 6.99. The zero-order valence-electron chi connectivity index (χ0n) is 5.54. The van der Waals surface area contributed by atoms with Crippen LogP contribution in [0.15, 0.2) is 0 Å². The van der Waals surface area contributed by atoms with Crippen LogP contribution < -0.4 is 0 Å². The Morgan fingerprint density at radius 3 is 2.89 bits per heavy atom. The first-order chi connectivity index (χ1) is 4.34. The lowest BCUT2D eigenvalue weighted by atomic mass is 10.3. The average Bonchev–Trinajstić information content (AvgIpc) is 2.18. The van der Waals surface area contributed by atoms with Gasteiger partial charge in [0.05, 0.1) is 13.2 Å². The Hall–Kier alpha value is -0.120. The molecule has 2 unspecified atom stereocenters. The Kier molecular flexibility index (Phi) is 2.45. The lowest BCUT2D eigenvalue weighted by Crippen LogP contribution is -2.26. The van der Waals surface area contributed by atoms with Crippen molar-refractivity contribution in [1.82, 2.24) is 0 Å². The number of hydrogen-bond donors (Lipinski definition) is 1. The van der Waals surface area contributed by atoms with Crippen LogP contribution in [0.2, 0.25) is 0 Å². The van der Waals surface area contributed by atoms with Crippen LogP contribution in [-0.4, -0.2) is 37.1 Å². The van der Waals surface area contributed by atoms with Crippen LogP contribution in [0.5, 0.6) is 0 Å². The fourth-order valence-electron chi connectivity index (χ4n) is 0.897. The van der Waals surface area contributed by atoms with E-state index in [0.717, 1.165) is 0 Å². The number of ether oxygens (including phenoxy) is 2. The smallest absolute Gasteiger partial charge is 0.109 e. The summed E-state index contributed by atoms with van der Waals surface area (Å²) in [6.45, 7) is 3.51. The standard InChI is InChI=1S/C6H12O3/c1-2-9-6-4-8-3-5(6)7/h5-7H,2-4H2,1H3. The van der Waals surface area contributed by atoms with E-state index in [1.54, 1.807) is 0 Å². The number of rotatable bonds is 2. The molecule has 0 aliphatic carbocycles. The lowest BCUT2D eigenvalue weighted by molar-refractivity contribution is -0.00344. The number of aliphatic hydroxyl groups excluding tert-OH is 1. The highest BCUT2D eigenvalue weighted by Crippen LogP contribution is 2.08. The molecule has 0 radical (unpaired) electrons. The molecule has 1 aliphatic rings. The zero-order chi connectivity index (χ0) is 6.69. The van der Waals surface area contributed by atoms with Crippen molar-refractivity contribution in [3.8, 4) is 0 Å². The van der Waals surface area contributed by atoms with E-state index in [9.17, 15) is 0 Å². The largest absolute Gasteiger partial charge is 0.388 e. The second kappa shape index (κ2) is 3.15. The van der Waals surface area contributed by atoms with Crippen molar-refractivity contribution in [3.05, 3.63) is 0 Å². The van der Waals surface area contributed by atoms with Gasteiger partial charge < -0.3 is 14.6 Å². The summed E-state index contributed by atoms with van der Waals surface area (Å²) in [5, 5.41) is 9.07. The Morgan fingerprint density at radius 1 is 1.67 bits per heavy atom. The van der Waals surface area contributed by atoms with E-state index in [0.29, 0.717) is 19.8 Å². The highest BCUT2D eigenvalue weighted by Gasteiger charge is 2.25. The Labute approximate surface area is 54.6 Å². The summed E-state index contributed by atoms with van der Waals surface area (Å²) in [7, 11) is 0. The van der Waals surface area contributed by atoms with Gasteiger partial charge in [0.15, 0.2) is 0 Å². The van der Waals surface area contributed by atoms with Gasteiger partial charge in [-0.3, -0.25) is 0 Å². The monoisotopic (exact) mass is 132 g/mol. The van der Waals surface area contributed by atoms with Gasteiger partial charge >= 0.3 is 0 Å². The molecule has 1 fully saturated rings. The summed E-state index contributed by atoms with van der Waals surface area (Å²) in [5.41, 5.74) is 0. The summed E-state index contributed by atoms with van der Waals surface area (Å²) >= 11 is 0. The molecule has 0 spiro atoms. The van der Waals surface area contributed by atoms with E-state index in [2.05, 4.69) is 0 Å². The van der Waals surface area contributed by atoms with Gasteiger partial charge in [-0.1, -0.05) is 0 Å². The summed E-state index contributed by atoms with van der Waals surface area (Å²) in [5.74, 6) is 0. The van der Waals surface area contributed by atoms with Gasteiger partial charge in [-0.2, -0.15) is 0 Å². The molecule has 0 aromatic heterocycles. The molecular formula is C6H12O3. The molecule has 9 heavy (non-hydrogen) atoms. The fourth-order valence-corrected chi connectivity index (χ4v) is 0.897. The predicted molar refractivity (Wildman–Crippen MR) is 32.2 cm³/mol. The van der Waals surface area contributed by atoms with Crippen molar-refractivity contribution in [3.63, 3.8) is 0 Å². The first-order valence-electron chi connectivity index (χ1n) is 3.22. The zero-order valence-corrected chi connectivity index (χ0v) is 5.54. The molecule has 0 bridgehead atoms. The Bertz CT molecular complexity index is 84.4. The van der Waals surface area contributed by atoms with Gasteiger partial charge in [-0.15, -0.1) is 0 Å². The molecule has 1 N–H and O–H groups in total. The Morgan fingerprint density at radius 2 is 2.44 bits per heavy atom. The van der Waals surface area contributed by atoms with Crippen LogP contribution in [-0.2, 0) is 9.47 Å². The summed E-state index contributed by atoms with van der Waals surface area (Å²) in [4.78, 5) is 0. The molecule has 1 aliphatic heterocycles. The van der Waals surface area contributed by atoms with Gasteiger partial charge in [0, 0.05) is 6.61 Å². The topological polar surface area (TPSA) is 38.7 Å². The van der Waals surface area contributed by atoms with Crippen LogP contribution >= 0.6 is 0 Å². The second-order valence-electron chi connectivity index (χ2n) is 2.10. The van der Waals surface area contributed by atoms with E-state index in [1.807, 2.05) is 6.92 Å². The van der Waals surface area contributed by atoms with Crippen molar-refractivity contribution >= 4 is 0 Å². The van der Waals surface area contributed by atoms with E-state index in [-0.39, 0.29) is 6.10 Å². The van der Waals surface area contributed by atoms with Crippen molar-refractivity contribution in [2.45, 2.75) is 19.1 Å². The fraction of sp³-hybridized carbons (Fsp3) is 1.00. The third-order valence-electron chi connectivity index (χ3n) is 1.38. The molecule has 54 valence electrons. The third-order valence-corrected chi connectivity index (χ3v) is 1.38. The highest BCUT2D eigenvalue weighted by atomic mass is 16.6. The molecule has 0 saturated carbocycles. The molecule has 3 nitrogen and oxygen atoms in total. The van der Waals surface area contributed by atoms with Gasteiger partial charge in [0.1, 0.15) is 12.2 Å². The van der Waals surface area contributed by atoms with E-state index in [1.165, 1.54) is 0 Å². The third kappa shape index (κ3) is 1.64. The summed E-state index contributed by atoms with van der Waals surface area (Å²) in [6.07, 6.45) is -0.500. The van der Waals surface area contributed by atoms with Crippen LogP contribution in [0.1, 0.15) is 6.92 Å². The maximum absolute atomic E-state index is 9.07.